The van der Waals surface area contributed by atoms with Crippen molar-refractivity contribution in [2.45, 2.75) is 24.7 Å². The molecule has 102 valence electrons. The van der Waals surface area contributed by atoms with Gasteiger partial charge in [-0.3, -0.25) is 0 Å². The van der Waals surface area contributed by atoms with Crippen LogP contribution in [-0.2, 0) is 0 Å². The molecule has 2 unspecified atom stereocenters. The molecule has 0 saturated heterocycles. The molecule has 2 aromatic rings. The van der Waals surface area contributed by atoms with Crippen LogP contribution in [0.15, 0.2) is 36.4 Å². The Hall–Kier alpha value is -1.96. The third kappa shape index (κ3) is 1.39. The van der Waals surface area contributed by atoms with Gasteiger partial charge in [0.05, 0.1) is 14.2 Å². The topological polar surface area (TPSA) is 18.5 Å². The summed E-state index contributed by atoms with van der Waals surface area (Å²) in [5.74, 6) is 3.03. The van der Waals surface area contributed by atoms with Crippen molar-refractivity contribution in [3.05, 3.63) is 47.5 Å². The van der Waals surface area contributed by atoms with Crippen molar-refractivity contribution in [1.29, 1.82) is 0 Å². The van der Waals surface area contributed by atoms with Gasteiger partial charge in [0, 0.05) is 33.7 Å². The molecule has 0 fully saturated rings. The molecule has 3 aliphatic carbocycles. The summed E-state index contributed by atoms with van der Waals surface area (Å²) in [4.78, 5) is 0. The Labute approximate surface area is 119 Å². The van der Waals surface area contributed by atoms with E-state index in [1.807, 2.05) is 0 Å². The molecule has 0 saturated carbocycles. The summed E-state index contributed by atoms with van der Waals surface area (Å²) in [5, 5.41) is 2.32. The Morgan fingerprint density at radius 3 is 1.60 bits per heavy atom. The minimum Gasteiger partial charge on any atom is -0.496 e. The number of rotatable bonds is 2. The molecule has 2 aromatic carbocycles. The van der Waals surface area contributed by atoms with Crippen LogP contribution in [0.1, 0.15) is 35.8 Å². The SMILES string of the molecule is COc1c2c(c(OC)c3ccccc13)C1C=CC2CC1. The number of benzene rings is 2. The molecule has 0 aromatic heterocycles. The lowest BCUT2D eigenvalue weighted by Gasteiger charge is -2.36. The number of hydrogen-bond acceptors (Lipinski definition) is 2. The fourth-order valence-corrected chi connectivity index (χ4v) is 3.89. The summed E-state index contributed by atoms with van der Waals surface area (Å²) in [6, 6.07) is 8.38. The molecule has 0 heterocycles. The highest BCUT2D eigenvalue weighted by Crippen LogP contribution is 2.55. The monoisotopic (exact) mass is 266 g/mol. The molecule has 20 heavy (non-hydrogen) atoms. The predicted octanol–water partition coefficient (Wildman–Crippen LogP) is 4.39. The van der Waals surface area contributed by atoms with Crippen LogP contribution >= 0.6 is 0 Å². The highest BCUT2D eigenvalue weighted by molar-refractivity contribution is 5.97. The van der Waals surface area contributed by atoms with E-state index in [1.54, 1.807) is 14.2 Å². The minimum atomic E-state index is 0.475. The van der Waals surface area contributed by atoms with E-state index in [9.17, 15) is 0 Å². The van der Waals surface area contributed by atoms with Gasteiger partial charge in [0.15, 0.2) is 0 Å². The first kappa shape index (κ1) is 11.8. The minimum absolute atomic E-state index is 0.475. The highest BCUT2D eigenvalue weighted by Gasteiger charge is 2.35. The van der Waals surface area contributed by atoms with Crippen molar-refractivity contribution in [2.75, 3.05) is 14.2 Å². The average molecular weight is 266 g/mol. The fraction of sp³-hybridized carbons (Fsp3) is 0.333. The smallest absolute Gasteiger partial charge is 0.131 e. The summed E-state index contributed by atoms with van der Waals surface area (Å²) in [6.45, 7) is 0. The largest absolute Gasteiger partial charge is 0.496 e. The van der Waals surface area contributed by atoms with E-state index >= 15 is 0 Å². The number of fused-ring (bicyclic) bond motifs is 2. The zero-order chi connectivity index (χ0) is 13.7. The van der Waals surface area contributed by atoms with E-state index in [2.05, 4.69) is 36.4 Å². The van der Waals surface area contributed by atoms with E-state index in [1.165, 1.54) is 24.0 Å². The Morgan fingerprint density at radius 1 is 0.800 bits per heavy atom. The van der Waals surface area contributed by atoms with Gasteiger partial charge in [-0.05, 0) is 12.8 Å². The van der Waals surface area contributed by atoms with E-state index in [0.717, 1.165) is 22.3 Å². The lowest BCUT2D eigenvalue weighted by atomic mass is 9.70. The second-order valence-electron chi connectivity index (χ2n) is 5.61. The average Bonchev–Trinajstić information content (AvgIpc) is 2.53. The van der Waals surface area contributed by atoms with E-state index < -0.39 is 0 Å². The summed E-state index contributed by atoms with van der Waals surface area (Å²) >= 11 is 0. The maximum absolute atomic E-state index is 5.79. The molecule has 0 N–H and O–H groups in total. The van der Waals surface area contributed by atoms with E-state index in [4.69, 9.17) is 9.47 Å². The zero-order valence-electron chi connectivity index (χ0n) is 11.8. The van der Waals surface area contributed by atoms with Crippen LogP contribution in [0.25, 0.3) is 10.8 Å². The third-order valence-electron chi connectivity index (χ3n) is 4.71. The summed E-state index contributed by atoms with van der Waals surface area (Å²) < 4.78 is 11.6. The van der Waals surface area contributed by atoms with Gasteiger partial charge in [0.1, 0.15) is 11.5 Å². The van der Waals surface area contributed by atoms with Gasteiger partial charge < -0.3 is 9.47 Å². The van der Waals surface area contributed by atoms with Crippen molar-refractivity contribution in [2.24, 2.45) is 0 Å². The first-order valence-corrected chi connectivity index (χ1v) is 7.20. The third-order valence-corrected chi connectivity index (χ3v) is 4.71. The van der Waals surface area contributed by atoms with Crippen molar-refractivity contribution in [3.63, 3.8) is 0 Å². The predicted molar refractivity (Wildman–Crippen MR) is 80.9 cm³/mol. The van der Waals surface area contributed by atoms with Crippen LogP contribution in [0.3, 0.4) is 0 Å². The van der Waals surface area contributed by atoms with Gasteiger partial charge in [-0.15, -0.1) is 0 Å². The number of ether oxygens (including phenoxy) is 2. The van der Waals surface area contributed by atoms with Crippen molar-refractivity contribution in [1.82, 2.24) is 0 Å². The lowest BCUT2D eigenvalue weighted by Crippen LogP contribution is -2.19. The Kier molecular flexibility index (Phi) is 2.53. The first-order chi connectivity index (χ1) is 9.85. The first-order valence-electron chi connectivity index (χ1n) is 7.20. The van der Waals surface area contributed by atoms with Gasteiger partial charge in [0.25, 0.3) is 0 Å². The van der Waals surface area contributed by atoms with Crippen molar-refractivity contribution >= 4 is 10.8 Å². The standard InChI is InChI=1S/C18H18O2/c1-19-17-13-5-3-4-6-14(13)18(20-2)16-12-9-7-11(8-10-12)15(16)17/h3-7,9,11-12H,8,10H2,1-2H3. The second-order valence-corrected chi connectivity index (χ2v) is 5.61. The molecule has 0 amide bonds. The molecule has 0 radical (unpaired) electrons. The van der Waals surface area contributed by atoms with Crippen LogP contribution in [0.2, 0.25) is 0 Å². The molecule has 0 aliphatic heterocycles. The molecular weight excluding hydrogens is 248 g/mol. The van der Waals surface area contributed by atoms with Crippen LogP contribution in [0.5, 0.6) is 11.5 Å². The quantitative estimate of drug-likeness (QED) is 0.751. The van der Waals surface area contributed by atoms with Crippen LogP contribution in [0.4, 0.5) is 0 Å². The Bertz CT molecular complexity index is 654. The second kappa shape index (κ2) is 4.27. The number of methoxy groups -OCH3 is 2. The normalized spacial score (nSPS) is 22.9. The number of allylic oxidation sites excluding steroid dienone is 2. The van der Waals surface area contributed by atoms with Gasteiger partial charge >= 0.3 is 0 Å². The fourth-order valence-electron chi connectivity index (χ4n) is 3.89. The Balaban J connectivity index is 2.17. The van der Waals surface area contributed by atoms with Gasteiger partial charge in [0.2, 0.25) is 0 Å². The van der Waals surface area contributed by atoms with Crippen LogP contribution < -0.4 is 9.47 Å². The van der Waals surface area contributed by atoms with Crippen LogP contribution in [-0.4, -0.2) is 14.2 Å². The van der Waals surface area contributed by atoms with Crippen molar-refractivity contribution in [3.8, 4) is 11.5 Å². The van der Waals surface area contributed by atoms with Crippen molar-refractivity contribution < 1.29 is 9.47 Å². The van der Waals surface area contributed by atoms with Gasteiger partial charge in [-0.25, -0.2) is 0 Å². The molecule has 2 bridgehead atoms. The maximum atomic E-state index is 5.79. The van der Waals surface area contributed by atoms with E-state index in [0.29, 0.717) is 11.8 Å². The van der Waals surface area contributed by atoms with Gasteiger partial charge in [-0.2, -0.15) is 0 Å². The molecule has 2 atom stereocenters. The lowest BCUT2D eigenvalue weighted by molar-refractivity contribution is 0.386. The summed E-state index contributed by atoms with van der Waals surface area (Å²) in [6.07, 6.45) is 7.11. The summed E-state index contributed by atoms with van der Waals surface area (Å²) in [5.41, 5.74) is 2.70. The molecule has 0 spiro atoms. The van der Waals surface area contributed by atoms with Crippen LogP contribution in [0, 0.1) is 0 Å². The molecule has 5 rings (SSSR count). The molecule has 2 heteroatoms. The molecule has 2 nitrogen and oxygen atoms in total. The zero-order valence-corrected chi connectivity index (χ0v) is 11.8. The van der Waals surface area contributed by atoms with Gasteiger partial charge in [-0.1, -0.05) is 36.4 Å². The summed E-state index contributed by atoms with van der Waals surface area (Å²) in [7, 11) is 3.56. The van der Waals surface area contributed by atoms with E-state index in [-0.39, 0.29) is 0 Å². The molecular formula is C18H18O2. The number of hydrogen-bond donors (Lipinski definition) is 0. The molecule has 3 aliphatic rings. The highest BCUT2D eigenvalue weighted by atomic mass is 16.5. The maximum Gasteiger partial charge on any atom is 0.131 e. The Morgan fingerprint density at radius 2 is 1.25 bits per heavy atom.